The lowest BCUT2D eigenvalue weighted by Crippen LogP contribution is -2.34. The molecule has 0 saturated carbocycles. The summed E-state index contributed by atoms with van der Waals surface area (Å²) in [5.41, 5.74) is 1.51. The van der Waals surface area contributed by atoms with Crippen molar-refractivity contribution in [3.63, 3.8) is 0 Å². The number of hydrogen-bond acceptors (Lipinski definition) is 5. The molecule has 2 aromatic carbocycles. The topological polar surface area (TPSA) is 91.6 Å². The summed E-state index contributed by atoms with van der Waals surface area (Å²) in [4.78, 5) is 37.1. The highest BCUT2D eigenvalue weighted by Gasteiger charge is 2.24. The molecule has 8 nitrogen and oxygen atoms in total. The van der Waals surface area contributed by atoms with Gasteiger partial charge in [0.05, 0.1) is 24.7 Å². The van der Waals surface area contributed by atoms with Gasteiger partial charge in [-0.3, -0.25) is 9.36 Å². The number of para-hydroxylation sites is 2. The Labute approximate surface area is 180 Å². The summed E-state index contributed by atoms with van der Waals surface area (Å²) in [5, 5.41) is 2.75. The van der Waals surface area contributed by atoms with Crippen molar-refractivity contribution in [1.29, 1.82) is 0 Å². The van der Waals surface area contributed by atoms with Gasteiger partial charge >= 0.3 is 11.8 Å². The van der Waals surface area contributed by atoms with Gasteiger partial charge < -0.3 is 14.8 Å². The first-order valence-electron chi connectivity index (χ1n) is 9.94. The molecule has 8 heteroatoms. The Balaban J connectivity index is 2.03. The van der Waals surface area contributed by atoms with Crippen molar-refractivity contribution in [1.82, 2.24) is 14.5 Å². The number of fused-ring (bicyclic) bond motifs is 1. The Hall–Kier alpha value is -3.55. The Morgan fingerprint density at radius 3 is 2.35 bits per heavy atom. The third kappa shape index (κ3) is 4.96. The Morgan fingerprint density at radius 2 is 1.74 bits per heavy atom. The summed E-state index contributed by atoms with van der Waals surface area (Å²) in [6.07, 6.45) is -0.718. The third-order valence-corrected chi connectivity index (χ3v) is 4.63. The summed E-state index contributed by atoms with van der Waals surface area (Å²) in [6.45, 7) is 7.30. The van der Waals surface area contributed by atoms with Gasteiger partial charge in [0.25, 0.3) is 0 Å². The van der Waals surface area contributed by atoms with E-state index in [0.29, 0.717) is 23.3 Å². The van der Waals surface area contributed by atoms with E-state index in [2.05, 4.69) is 5.32 Å². The fourth-order valence-corrected chi connectivity index (χ4v) is 3.27. The molecule has 31 heavy (non-hydrogen) atoms. The Bertz CT molecular complexity index is 1180. The molecule has 0 spiro atoms. The van der Waals surface area contributed by atoms with Crippen LogP contribution in [-0.2, 0) is 22.6 Å². The van der Waals surface area contributed by atoms with Crippen LogP contribution in [0.15, 0.2) is 47.3 Å². The van der Waals surface area contributed by atoms with Gasteiger partial charge in [-0.1, -0.05) is 24.3 Å². The molecule has 1 aromatic heterocycles. The molecule has 0 bridgehead atoms. The first kappa shape index (κ1) is 22.1. The van der Waals surface area contributed by atoms with Gasteiger partial charge in [0.15, 0.2) is 0 Å². The molecule has 164 valence electrons. The van der Waals surface area contributed by atoms with Gasteiger partial charge in [-0.25, -0.2) is 9.59 Å². The van der Waals surface area contributed by atoms with E-state index >= 15 is 0 Å². The van der Waals surface area contributed by atoms with Crippen LogP contribution in [-0.4, -0.2) is 33.8 Å². The average molecular weight is 425 g/mol. The zero-order valence-electron chi connectivity index (χ0n) is 18.4. The highest BCUT2D eigenvalue weighted by Crippen LogP contribution is 2.23. The third-order valence-electron chi connectivity index (χ3n) is 4.63. The number of nitrogens with one attached hydrogen (secondary N) is 1. The molecule has 0 atom stereocenters. The number of ether oxygens (including phenoxy) is 2. The molecule has 0 radical (unpaired) electrons. The number of rotatable bonds is 5. The van der Waals surface area contributed by atoms with Crippen molar-refractivity contribution < 1.29 is 19.1 Å². The minimum atomic E-state index is -0.729. The van der Waals surface area contributed by atoms with Crippen molar-refractivity contribution >= 4 is 23.0 Å². The van der Waals surface area contributed by atoms with Crippen LogP contribution >= 0.6 is 0 Å². The van der Waals surface area contributed by atoms with Crippen LogP contribution in [0.4, 0.5) is 4.79 Å². The van der Waals surface area contributed by atoms with E-state index in [0.717, 1.165) is 15.7 Å². The normalized spacial score (nSPS) is 11.4. The largest absolute Gasteiger partial charge is 0.496 e. The minimum Gasteiger partial charge on any atom is -0.496 e. The van der Waals surface area contributed by atoms with Crippen molar-refractivity contribution in [3.8, 4) is 5.75 Å². The second kappa shape index (κ2) is 8.67. The molecule has 1 amide bonds. The molecule has 0 aliphatic rings. The zero-order chi connectivity index (χ0) is 22.8. The number of imidazole rings is 1. The van der Waals surface area contributed by atoms with Gasteiger partial charge in [0.1, 0.15) is 11.4 Å². The number of carbonyl (C=O) groups excluding carboxylic acids is 2. The van der Waals surface area contributed by atoms with Crippen molar-refractivity contribution in [2.75, 3.05) is 7.11 Å². The fraction of sp³-hybridized carbons (Fsp3) is 0.348. The molecular formula is C23H27N3O5. The van der Waals surface area contributed by atoms with Gasteiger partial charge in [-0.15, -0.1) is 0 Å². The lowest BCUT2D eigenvalue weighted by atomic mass is 10.1. The molecule has 0 fully saturated rings. The smallest absolute Gasteiger partial charge is 0.423 e. The van der Waals surface area contributed by atoms with Gasteiger partial charge in [0, 0.05) is 19.0 Å². The van der Waals surface area contributed by atoms with Crippen molar-refractivity contribution in [3.05, 3.63) is 64.1 Å². The summed E-state index contributed by atoms with van der Waals surface area (Å²) in [6, 6.07) is 12.6. The van der Waals surface area contributed by atoms with Crippen LogP contribution in [0.3, 0.4) is 0 Å². The molecule has 3 aromatic rings. The number of aromatic nitrogens is 2. The van der Waals surface area contributed by atoms with E-state index in [9.17, 15) is 14.4 Å². The Kier molecular flexibility index (Phi) is 6.19. The molecule has 0 unspecified atom stereocenters. The SMILES string of the molecule is COc1cc(CNC(C)=O)ccc1Cn1c(=O)n(C(=O)OC(C)(C)C)c2ccccc21. The maximum absolute atomic E-state index is 13.2. The molecule has 1 N–H and O–H groups in total. The fourth-order valence-electron chi connectivity index (χ4n) is 3.27. The summed E-state index contributed by atoms with van der Waals surface area (Å²) in [7, 11) is 1.55. The highest BCUT2D eigenvalue weighted by molar-refractivity contribution is 5.87. The van der Waals surface area contributed by atoms with Crippen LogP contribution in [0.25, 0.3) is 11.0 Å². The quantitative estimate of drug-likeness (QED) is 0.677. The van der Waals surface area contributed by atoms with E-state index < -0.39 is 17.4 Å². The monoisotopic (exact) mass is 425 g/mol. The number of hydrogen-bond donors (Lipinski definition) is 1. The van der Waals surface area contributed by atoms with E-state index in [1.165, 1.54) is 11.5 Å². The van der Waals surface area contributed by atoms with Crippen molar-refractivity contribution in [2.45, 2.75) is 46.4 Å². The Morgan fingerprint density at radius 1 is 1.06 bits per heavy atom. The second-order valence-electron chi connectivity index (χ2n) is 8.23. The van der Waals surface area contributed by atoms with Crippen molar-refractivity contribution in [2.24, 2.45) is 0 Å². The van der Waals surface area contributed by atoms with Gasteiger partial charge in [-0.05, 0) is 44.5 Å². The first-order valence-corrected chi connectivity index (χ1v) is 9.94. The molecular weight excluding hydrogens is 398 g/mol. The molecule has 1 heterocycles. The van der Waals surface area contributed by atoms with E-state index in [1.54, 1.807) is 46.1 Å². The van der Waals surface area contributed by atoms with E-state index in [-0.39, 0.29) is 12.5 Å². The van der Waals surface area contributed by atoms with Gasteiger partial charge in [0.2, 0.25) is 5.91 Å². The van der Waals surface area contributed by atoms with Crippen LogP contribution in [0.5, 0.6) is 5.75 Å². The number of benzene rings is 2. The molecule has 0 aliphatic carbocycles. The highest BCUT2D eigenvalue weighted by atomic mass is 16.6. The maximum Gasteiger partial charge on any atom is 0.423 e. The average Bonchev–Trinajstić information content (AvgIpc) is 2.97. The van der Waals surface area contributed by atoms with Crippen LogP contribution in [0, 0.1) is 0 Å². The predicted molar refractivity (Wildman–Crippen MR) is 117 cm³/mol. The lowest BCUT2D eigenvalue weighted by Gasteiger charge is -2.19. The number of methoxy groups -OCH3 is 1. The van der Waals surface area contributed by atoms with E-state index in [4.69, 9.17) is 9.47 Å². The van der Waals surface area contributed by atoms with Crippen LogP contribution in [0.2, 0.25) is 0 Å². The number of carbonyl (C=O) groups is 2. The van der Waals surface area contributed by atoms with Gasteiger partial charge in [-0.2, -0.15) is 4.57 Å². The zero-order valence-corrected chi connectivity index (χ0v) is 18.4. The summed E-state index contributed by atoms with van der Waals surface area (Å²) >= 11 is 0. The second-order valence-corrected chi connectivity index (χ2v) is 8.23. The number of nitrogens with zero attached hydrogens (tertiary/aromatic N) is 2. The standard InChI is InChI=1S/C23H27N3O5/c1-15(27)24-13-16-10-11-17(20(12-16)30-5)14-25-18-8-6-7-9-19(18)26(21(25)28)22(29)31-23(2,3)4/h6-12H,13-14H2,1-5H3,(H,24,27). The first-order chi connectivity index (χ1) is 14.6. The number of amides is 1. The molecule has 0 saturated heterocycles. The minimum absolute atomic E-state index is 0.121. The van der Waals surface area contributed by atoms with Crippen LogP contribution < -0.4 is 15.7 Å². The summed E-state index contributed by atoms with van der Waals surface area (Å²) < 4.78 is 13.5. The maximum atomic E-state index is 13.2. The molecule has 0 aliphatic heterocycles. The van der Waals surface area contributed by atoms with Crippen LogP contribution in [0.1, 0.15) is 38.8 Å². The summed E-state index contributed by atoms with van der Waals surface area (Å²) in [5.74, 6) is 0.466. The lowest BCUT2D eigenvalue weighted by molar-refractivity contribution is -0.119. The predicted octanol–water partition coefficient (Wildman–Crippen LogP) is 3.28. The van der Waals surface area contributed by atoms with E-state index in [1.807, 2.05) is 24.3 Å². The molecule has 3 rings (SSSR count).